The molecule has 0 fully saturated rings. The van der Waals surface area contributed by atoms with Crippen molar-refractivity contribution in [3.8, 4) is 0 Å². The Hall–Kier alpha value is -1.85. The monoisotopic (exact) mass is 323 g/mol. The molecule has 0 unspecified atom stereocenters. The van der Waals surface area contributed by atoms with Crippen molar-refractivity contribution in [2.24, 2.45) is 5.92 Å². The van der Waals surface area contributed by atoms with Gasteiger partial charge in [0.05, 0.1) is 18.7 Å². The largest absolute Gasteiger partial charge is 0.464 e. The molecule has 0 aliphatic heterocycles. The van der Waals surface area contributed by atoms with Crippen LogP contribution in [0.2, 0.25) is 0 Å². The maximum atomic E-state index is 12.5. The first-order valence-electron chi connectivity index (χ1n) is 8.14. The van der Waals surface area contributed by atoms with Gasteiger partial charge in [-0.1, -0.05) is 13.8 Å². The molecule has 0 radical (unpaired) electrons. The molecule has 23 heavy (non-hydrogen) atoms. The zero-order chi connectivity index (χ0) is 17.7. The van der Waals surface area contributed by atoms with Crippen LogP contribution in [-0.4, -0.2) is 46.3 Å². The van der Waals surface area contributed by atoms with Gasteiger partial charge in [0, 0.05) is 24.8 Å². The third kappa shape index (κ3) is 4.81. The molecule has 0 bridgehead atoms. The Morgan fingerprint density at radius 1 is 1.26 bits per heavy atom. The fraction of sp³-hybridized carbons (Fsp3) is 0.706. The van der Waals surface area contributed by atoms with Gasteiger partial charge in [-0.3, -0.25) is 9.48 Å². The zero-order valence-electron chi connectivity index (χ0n) is 15.3. The predicted octanol–water partition coefficient (Wildman–Crippen LogP) is 2.11. The van der Waals surface area contributed by atoms with Crippen LogP contribution in [0.25, 0.3) is 0 Å². The number of aromatic nitrogens is 2. The lowest BCUT2D eigenvalue weighted by Gasteiger charge is -2.23. The van der Waals surface area contributed by atoms with Crippen LogP contribution in [0.4, 0.5) is 0 Å². The van der Waals surface area contributed by atoms with E-state index in [0.29, 0.717) is 12.5 Å². The maximum Gasteiger partial charge on any atom is 0.328 e. The highest BCUT2D eigenvalue weighted by Gasteiger charge is 2.25. The van der Waals surface area contributed by atoms with Gasteiger partial charge in [0.1, 0.15) is 6.04 Å². The summed E-state index contributed by atoms with van der Waals surface area (Å²) in [6.45, 7) is 12.7. The minimum atomic E-state index is -0.589. The molecule has 1 rings (SSSR count). The first-order chi connectivity index (χ1) is 10.7. The molecule has 0 aliphatic rings. The number of carbonyl (C=O) groups excluding carboxylic acids is 2. The van der Waals surface area contributed by atoms with Gasteiger partial charge in [-0.05, 0) is 33.6 Å². The van der Waals surface area contributed by atoms with Crippen LogP contribution in [0, 0.1) is 19.8 Å². The number of esters is 1. The molecule has 6 heteroatoms. The van der Waals surface area contributed by atoms with Gasteiger partial charge < -0.3 is 9.64 Å². The van der Waals surface area contributed by atoms with Crippen molar-refractivity contribution in [2.45, 2.75) is 60.5 Å². The van der Waals surface area contributed by atoms with Crippen LogP contribution in [0.1, 0.15) is 44.6 Å². The lowest BCUT2D eigenvalue weighted by molar-refractivity contribution is -0.152. The van der Waals surface area contributed by atoms with E-state index >= 15 is 0 Å². The lowest BCUT2D eigenvalue weighted by atomic mass is 10.1. The van der Waals surface area contributed by atoms with Crippen LogP contribution in [0.15, 0.2) is 0 Å². The van der Waals surface area contributed by atoms with E-state index in [4.69, 9.17) is 4.74 Å². The summed E-state index contributed by atoms with van der Waals surface area (Å²) in [6, 6.07) is -0.589. The quantitative estimate of drug-likeness (QED) is 0.721. The summed E-state index contributed by atoms with van der Waals surface area (Å²) in [5, 5.41) is 4.53. The van der Waals surface area contributed by atoms with Gasteiger partial charge in [0.25, 0.3) is 0 Å². The summed E-state index contributed by atoms with van der Waals surface area (Å²) in [5.41, 5.74) is 2.83. The average molecular weight is 323 g/mol. The molecular formula is C17H29N3O3. The Bertz CT molecular complexity index is 564. The molecule has 1 atom stereocenters. The van der Waals surface area contributed by atoms with Crippen LogP contribution in [0.5, 0.6) is 0 Å². The fourth-order valence-corrected chi connectivity index (χ4v) is 2.43. The highest BCUT2D eigenvalue weighted by atomic mass is 16.5. The summed E-state index contributed by atoms with van der Waals surface area (Å²) in [4.78, 5) is 25.7. The van der Waals surface area contributed by atoms with Crippen molar-refractivity contribution in [1.82, 2.24) is 14.7 Å². The van der Waals surface area contributed by atoms with E-state index < -0.39 is 6.04 Å². The van der Waals surface area contributed by atoms with Gasteiger partial charge in [-0.25, -0.2) is 4.79 Å². The van der Waals surface area contributed by atoms with Gasteiger partial charge in [0.15, 0.2) is 0 Å². The Labute approximate surface area is 138 Å². The van der Waals surface area contributed by atoms with Crippen LogP contribution in [-0.2, 0) is 27.3 Å². The van der Waals surface area contributed by atoms with E-state index in [1.807, 2.05) is 18.5 Å². The van der Waals surface area contributed by atoms with E-state index in [0.717, 1.165) is 23.5 Å². The van der Waals surface area contributed by atoms with Gasteiger partial charge in [0.2, 0.25) is 5.91 Å². The number of hydrogen-bond acceptors (Lipinski definition) is 4. The van der Waals surface area contributed by atoms with E-state index in [2.05, 4.69) is 18.9 Å². The first kappa shape index (κ1) is 19.2. The minimum Gasteiger partial charge on any atom is -0.464 e. The Morgan fingerprint density at radius 3 is 2.39 bits per heavy atom. The second kappa shape index (κ2) is 8.13. The Morgan fingerprint density at radius 2 is 1.87 bits per heavy atom. The third-order valence-corrected chi connectivity index (χ3v) is 4.00. The predicted molar refractivity (Wildman–Crippen MR) is 89.1 cm³/mol. The summed E-state index contributed by atoms with van der Waals surface area (Å²) in [7, 11) is 1.63. The second-order valence-corrected chi connectivity index (χ2v) is 6.33. The molecule has 0 saturated carbocycles. The molecular weight excluding hydrogens is 294 g/mol. The maximum absolute atomic E-state index is 12.5. The molecule has 130 valence electrons. The molecule has 0 aromatic carbocycles. The standard InChI is InChI=1S/C17H29N3O3/c1-8-23-17(22)14(6)19(7)16(21)9-15-12(4)18-20(13(15)5)10-11(2)3/h11,14H,8-10H2,1-7H3/t14-/m1/s1. The van der Waals surface area contributed by atoms with E-state index in [-0.39, 0.29) is 18.3 Å². The molecule has 0 saturated heterocycles. The number of hydrogen-bond donors (Lipinski definition) is 0. The number of aryl methyl sites for hydroxylation is 1. The van der Waals surface area contributed by atoms with Crippen LogP contribution in [0.3, 0.4) is 0 Å². The van der Waals surface area contributed by atoms with Crippen molar-refractivity contribution in [2.75, 3.05) is 13.7 Å². The molecule has 6 nitrogen and oxygen atoms in total. The number of amides is 1. The molecule has 1 aromatic rings. The number of rotatable bonds is 7. The second-order valence-electron chi connectivity index (χ2n) is 6.33. The summed E-state index contributed by atoms with van der Waals surface area (Å²) in [5.74, 6) is -0.00351. The average Bonchev–Trinajstić information content (AvgIpc) is 2.72. The van der Waals surface area contributed by atoms with Crippen LogP contribution < -0.4 is 0 Å². The Balaban J connectivity index is 2.85. The van der Waals surface area contributed by atoms with Crippen molar-refractivity contribution in [3.63, 3.8) is 0 Å². The van der Waals surface area contributed by atoms with Crippen molar-refractivity contribution in [3.05, 3.63) is 17.0 Å². The van der Waals surface area contributed by atoms with Gasteiger partial charge in [-0.2, -0.15) is 5.10 Å². The van der Waals surface area contributed by atoms with Gasteiger partial charge in [-0.15, -0.1) is 0 Å². The smallest absolute Gasteiger partial charge is 0.328 e. The van der Waals surface area contributed by atoms with Crippen LogP contribution >= 0.6 is 0 Å². The topological polar surface area (TPSA) is 64.4 Å². The number of ether oxygens (including phenoxy) is 1. The minimum absolute atomic E-state index is 0.110. The highest BCUT2D eigenvalue weighted by molar-refractivity contribution is 5.85. The van der Waals surface area contributed by atoms with Crippen molar-refractivity contribution in [1.29, 1.82) is 0 Å². The first-order valence-corrected chi connectivity index (χ1v) is 8.14. The molecule has 1 aromatic heterocycles. The number of nitrogens with zero attached hydrogens (tertiary/aromatic N) is 3. The highest BCUT2D eigenvalue weighted by Crippen LogP contribution is 2.16. The SMILES string of the molecule is CCOC(=O)[C@@H](C)N(C)C(=O)Cc1c(C)nn(CC(C)C)c1C. The number of carbonyl (C=O) groups is 2. The van der Waals surface area contributed by atoms with E-state index in [1.54, 1.807) is 20.9 Å². The molecule has 1 heterocycles. The van der Waals surface area contributed by atoms with E-state index in [9.17, 15) is 9.59 Å². The molecule has 1 amide bonds. The zero-order valence-corrected chi connectivity index (χ0v) is 15.3. The Kier molecular flexibility index (Phi) is 6.79. The lowest BCUT2D eigenvalue weighted by Crippen LogP contribution is -2.42. The summed E-state index contributed by atoms with van der Waals surface area (Å²) in [6.07, 6.45) is 0.246. The molecule has 0 N–H and O–H groups in total. The van der Waals surface area contributed by atoms with Crippen molar-refractivity contribution >= 4 is 11.9 Å². The van der Waals surface area contributed by atoms with E-state index in [1.165, 1.54) is 4.90 Å². The molecule has 0 spiro atoms. The fourth-order valence-electron chi connectivity index (χ4n) is 2.43. The summed E-state index contributed by atoms with van der Waals surface area (Å²) < 4.78 is 6.93. The van der Waals surface area contributed by atoms with Gasteiger partial charge >= 0.3 is 5.97 Å². The third-order valence-electron chi connectivity index (χ3n) is 4.00. The van der Waals surface area contributed by atoms with Crippen molar-refractivity contribution < 1.29 is 14.3 Å². The summed E-state index contributed by atoms with van der Waals surface area (Å²) >= 11 is 0. The molecule has 0 aliphatic carbocycles. The normalized spacial score (nSPS) is 12.3. The number of likely N-dealkylation sites (N-methyl/N-ethyl adjacent to an activating group) is 1.